The average Bonchev–Trinajstić information content (AvgIpc) is 3.08. The molecule has 6 nitrogen and oxygen atoms in total. The third-order valence-corrected chi connectivity index (χ3v) is 6.03. The minimum absolute atomic E-state index is 0.000515. The van der Waals surface area contributed by atoms with Gasteiger partial charge in [-0.25, -0.2) is 0 Å². The normalized spacial score (nSPS) is 21.6. The number of H-pyrrole nitrogens is 1. The van der Waals surface area contributed by atoms with Crippen molar-refractivity contribution in [3.63, 3.8) is 0 Å². The van der Waals surface area contributed by atoms with E-state index in [-0.39, 0.29) is 18.1 Å². The van der Waals surface area contributed by atoms with Crippen LogP contribution in [0.5, 0.6) is 0 Å². The van der Waals surface area contributed by atoms with Crippen LogP contribution in [0.25, 0.3) is 0 Å². The molecule has 29 heavy (non-hydrogen) atoms. The van der Waals surface area contributed by atoms with Gasteiger partial charge in [0, 0.05) is 25.1 Å². The number of hydrogen-bond acceptors (Lipinski definition) is 4. The maximum atomic E-state index is 13.2. The largest absolute Gasteiger partial charge is 0.390 e. The van der Waals surface area contributed by atoms with E-state index in [1.807, 2.05) is 32.6 Å². The Balaban J connectivity index is 1.49. The first-order valence-corrected chi connectivity index (χ1v) is 10.6. The summed E-state index contributed by atoms with van der Waals surface area (Å²) in [4.78, 5) is 15.1. The Labute approximate surface area is 172 Å². The van der Waals surface area contributed by atoms with Crippen LogP contribution in [0.1, 0.15) is 78.7 Å². The van der Waals surface area contributed by atoms with Crippen LogP contribution < -0.4 is 0 Å². The minimum Gasteiger partial charge on any atom is -0.390 e. The van der Waals surface area contributed by atoms with E-state index < -0.39 is 5.60 Å². The Hall–Kier alpha value is -2.18. The number of benzene rings is 1. The summed E-state index contributed by atoms with van der Waals surface area (Å²) >= 11 is 0. The highest BCUT2D eigenvalue weighted by atomic mass is 16.5. The van der Waals surface area contributed by atoms with Gasteiger partial charge >= 0.3 is 0 Å². The second kappa shape index (κ2) is 7.58. The zero-order valence-electron chi connectivity index (χ0n) is 17.8. The lowest BCUT2D eigenvalue weighted by molar-refractivity contribution is -0.00702. The number of aliphatic hydroxyl groups is 1. The van der Waals surface area contributed by atoms with Gasteiger partial charge in [-0.15, -0.1) is 0 Å². The minimum atomic E-state index is -0.651. The van der Waals surface area contributed by atoms with Gasteiger partial charge in [0.15, 0.2) is 5.69 Å². The lowest BCUT2D eigenvalue weighted by Crippen LogP contribution is -2.37. The van der Waals surface area contributed by atoms with Gasteiger partial charge < -0.3 is 14.7 Å². The van der Waals surface area contributed by atoms with Crippen molar-refractivity contribution in [1.82, 2.24) is 15.1 Å². The number of nitrogens with zero attached hydrogens (tertiary/aromatic N) is 2. The molecule has 156 valence electrons. The molecule has 6 heteroatoms. The molecule has 0 aliphatic carbocycles. The molecular weight excluding hydrogens is 366 g/mol. The molecule has 0 saturated carbocycles. The molecular formula is C23H31N3O3. The summed E-state index contributed by atoms with van der Waals surface area (Å²) in [5.74, 6) is 0.000515. The average molecular weight is 398 g/mol. The third kappa shape index (κ3) is 4.23. The van der Waals surface area contributed by atoms with Crippen LogP contribution in [0.3, 0.4) is 0 Å². The van der Waals surface area contributed by atoms with Gasteiger partial charge in [0.05, 0.1) is 23.5 Å². The van der Waals surface area contributed by atoms with Gasteiger partial charge in [-0.05, 0) is 63.6 Å². The molecule has 2 aliphatic rings. The molecule has 2 aliphatic heterocycles. The first kappa shape index (κ1) is 20.1. The second-order valence-corrected chi connectivity index (χ2v) is 9.15. The van der Waals surface area contributed by atoms with Crippen LogP contribution in [0.15, 0.2) is 18.2 Å². The van der Waals surface area contributed by atoms with E-state index in [0.717, 1.165) is 30.5 Å². The summed E-state index contributed by atoms with van der Waals surface area (Å²) in [6.45, 7) is 9.03. The molecule has 0 bridgehead atoms. The van der Waals surface area contributed by atoms with E-state index in [1.54, 1.807) is 0 Å². The molecule has 0 unspecified atom stereocenters. The fourth-order valence-corrected chi connectivity index (χ4v) is 4.39. The van der Waals surface area contributed by atoms with Gasteiger partial charge in [-0.2, -0.15) is 5.10 Å². The van der Waals surface area contributed by atoms with Gasteiger partial charge in [0.25, 0.3) is 5.91 Å². The van der Waals surface area contributed by atoms with Crippen molar-refractivity contribution in [1.29, 1.82) is 0 Å². The van der Waals surface area contributed by atoms with E-state index >= 15 is 0 Å². The molecule has 0 fully saturated rings. The van der Waals surface area contributed by atoms with Crippen molar-refractivity contribution in [2.24, 2.45) is 0 Å². The molecule has 1 amide bonds. The Bertz CT molecular complexity index is 913. The number of carbonyl (C=O) groups excluding carboxylic acids is 1. The molecule has 4 rings (SSSR count). The number of ether oxygens (including phenoxy) is 1. The number of aromatic nitrogens is 2. The Morgan fingerprint density at radius 3 is 2.90 bits per heavy atom. The van der Waals surface area contributed by atoms with E-state index in [2.05, 4.69) is 28.4 Å². The number of nitrogens with one attached hydrogen (secondary N) is 1. The molecule has 1 aromatic carbocycles. The highest BCUT2D eigenvalue weighted by molar-refractivity contribution is 5.94. The molecule has 1 aromatic heterocycles. The molecule has 0 spiro atoms. The Morgan fingerprint density at radius 2 is 2.14 bits per heavy atom. The number of carbonyl (C=O) groups is 1. The summed E-state index contributed by atoms with van der Waals surface area (Å²) in [6, 6.07) is 6.49. The summed E-state index contributed by atoms with van der Waals surface area (Å²) in [6.07, 6.45) is 3.18. The molecule has 2 N–H and O–H groups in total. The lowest BCUT2D eigenvalue weighted by Gasteiger charge is -2.30. The quantitative estimate of drug-likeness (QED) is 0.829. The second-order valence-electron chi connectivity index (χ2n) is 9.15. The molecule has 3 heterocycles. The molecule has 2 aromatic rings. The smallest absolute Gasteiger partial charge is 0.274 e. The number of rotatable bonds is 4. The van der Waals surface area contributed by atoms with Crippen LogP contribution in [-0.4, -0.2) is 44.4 Å². The standard InChI is InChI=1S/C23H31N3O3/c1-14-11-19-20(15(2)29-14)24-25-21(19)22(27)26-10-8-17-12-16(5-6-18(17)13-26)7-9-23(3,4)28/h5-6,12,14-15,28H,7-11,13H2,1-4H3,(H,24,25)/t14-,15+/m1/s1. The summed E-state index contributed by atoms with van der Waals surface area (Å²) in [7, 11) is 0. The van der Waals surface area contributed by atoms with Gasteiger partial charge in [0.2, 0.25) is 0 Å². The van der Waals surface area contributed by atoms with E-state index in [0.29, 0.717) is 25.2 Å². The van der Waals surface area contributed by atoms with Gasteiger partial charge in [-0.1, -0.05) is 18.2 Å². The van der Waals surface area contributed by atoms with Crippen LogP contribution in [0, 0.1) is 0 Å². The highest BCUT2D eigenvalue weighted by Gasteiger charge is 2.32. The maximum Gasteiger partial charge on any atom is 0.274 e. The Kier molecular flexibility index (Phi) is 5.25. The third-order valence-electron chi connectivity index (χ3n) is 6.03. The van der Waals surface area contributed by atoms with Gasteiger partial charge in [-0.3, -0.25) is 9.89 Å². The van der Waals surface area contributed by atoms with Crippen molar-refractivity contribution in [2.45, 2.75) is 77.7 Å². The Morgan fingerprint density at radius 1 is 1.34 bits per heavy atom. The number of aryl methyl sites for hydroxylation is 1. The molecule has 0 saturated heterocycles. The fourth-order valence-electron chi connectivity index (χ4n) is 4.39. The lowest BCUT2D eigenvalue weighted by atomic mass is 9.93. The van der Waals surface area contributed by atoms with Crippen LogP contribution >= 0.6 is 0 Å². The van der Waals surface area contributed by atoms with Crippen LogP contribution in [0.4, 0.5) is 0 Å². The first-order chi connectivity index (χ1) is 13.7. The van der Waals surface area contributed by atoms with Crippen molar-refractivity contribution < 1.29 is 14.6 Å². The zero-order chi connectivity index (χ0) is 20.8. The number of hydrogen-bond donors (Lipinski definition) is 2. The number of aromatic amines is 1. The summed E-state index contributed by atoms with van der Waals surface area (Å²) < 4.78 is 5.84. The summed E-state index contributed by atoms with van der Waals surface area (Å²) in [5.41, 5.74) is 5.59. The van der Waals surface area contributed by atoms with Crippen LogP contribution in [0.2, 0.25) is 0 Å². The van der Waals surface area contributed by atoms with Crippen LogP contribution in [-0.2, 0) is 30.5 Å². The molecule has 2 atom stereocenters. The number of fused-ring (bicyclic) bond motifs is 2. The summed E-state index contributed by atoms with van der Waals surface area (Å²) in [5, 5.41) is 17.3. The molecule has 0 radical (unpaired) electrons. The van der Waals surface area contributed by atoms with Crippen molar-refractivity contribution in [3.8, 4) is 0 Å². The van der Waals surface area contributed by atoms with E-state index in [9.17, 15) is 9.90 Å². The van der Waals surface area contributed by atoms with E-state index in [4.69, 9.17) is 4.74 Å². The van der Waals surface area contributed by atoms with Crippen molar-refractivity contribution in [2.75, 3.05) is 6.54 Å². The van der Waals surface area contributed by atoms with E-state index in [1.165, 1.54) is 16.7 Å². The maximum absolute atomic E-state index is 13.2. The SMILES string of the molecule is C[C@@H]1Cc2c(C(=O)N3CCc4cc(CCC(C)(C)O)ccc4C3)n[nH]c2[C@H](C)O1. The van der Waals surface area contributed by atoms with Crippen molar-refractivity contribution >= 4 is 5.91 Å². The predicted molar refractivity (Wildman–Crippen MR) is 111 cm³/mol. The topological polar surface area (TPSA) is 78.5 Å². The zero-order valence-corrected chi connectivity index (χ0v) is 17.8. The predicted octanol–water partition coefficient (Wildman–Crippen LogP) is 3.33. The monoisotopic (exact) mass is 397 g/mol. The van der Waals surface area contributed by atoms with Gasteiger partial charge in [0.1, 0.15) is 0 Å². The fraction of sp³-hybridized carbons (Fsp3) is 0.565. The van der Waals surface area contributed by atoms with Crippen molar-refractivity contribution in [3.05, 3.63) is 51.8 Å². The number of amides is 1. The highest BCUT2D eigenvalue weighted by Crippen LogP contribution is 2.31. The first-order valence-electron chi connectivity index (χ1n) is 10.6.